The highest BCUT2D eigenvalue weighted by atomic mass is 79.9. The number of benzene rings is 1. The summed E-state index contributed by atoms with van der Waals surface area (Å²) in [5.41, 5.74) is 0.446. The highest BCUT2D eigenvalue weighted by Crippen LogP contribution is 2.31. The molecule has 0 aliphatic heterocycles. The van der Waals surface area contributed by atoms with Gasteiger partial charge in [-0.15, -0.1) is 0 Å². The van der Waals surface area contributed by atoms with Crippen LogP contribution in [-0.4, -0.2) is 40.4 Å². The maximum atomic E-state index is 14.2. The zero-order valence-corrected chi connectivity index (χ0v) is 15.6. The Morgan fingerprint density at radius 2 is 2.04 bits per heavy atom. The number of carbonyl (C=O) groups is 1. The first-order chi connectivity index (χ1) is 12.7. The molecule has 7 nitrogen and oxygen atoms in total. The van der Waals surface area contributed by atoms with Gasteiger partial charge >= 0.3 is 0 Å². The summed E-state index contributed by atoms with van der Waals surface area (Å²) in [6, 6.07) is 1.86. The molecule has 1 amide bonds. The van der Waals surface area contributed by atoms with E-state index in [1.165, 1.54) is 12.3 Å². The standard InChI is InChI=1S/C15H12BrClF3N3O4/c16-6-1-9(17)14(21-3-6)22-13-8(2-10(18)11(19)12(13)20)15(26)23-27-5-7(25)4-24/h1-3,7,24-25H,4-5H2,(H,21,22)(H,23,26)/t7-/m1/s1. The average Bonchev–Trinajstić information content (AvgIpc) is 2.63. The Bertz CT molecular complexity index is 860. The van der Waals surface area contributed by atoms with Crippen molar-refractivity contribution < 1.29 is 33.0 Å². The Morgan fingerprint density at radius 3 is 2.67 bits per heavy atom. The van der Waals surface area contributed by atoms with E-state index in [-0.39, 0.29) is 10.8 Å². The van der Waals surface area contributed by atoms with Crippen LogP contribution in [0.4, 0.5) is 24.7 Å². The number of nitrogens with one attached hydrogen (secondary N) is 2. The van der Waals surface area contributed by atoms with Gasteiger partial charge in [-0.1, -0.05) is 11.6 Å². The number of aliphatic hydroxyl groups is 2. The molecule has 1 heterocycles. The van der Waals surface area contributed by atoms with Crippen molar-refractivity contribution in [2.45, 2.75) is 6.10 Å². The first kappa shape index (κ1) is 21.4. The molecule has 0 unspecified atom stereocenters. The number of halogens is 5. The van der Waals surface area contributed by atoms with Crippen LogP contribution < -0.4 is 10.8 Å². The van der Waals surface area contributed by atoms with Crippen molar-refractivity contribution >= 4 is 44.9 Å². The van der Waals surface area contributed by atoms with Gasteiger partial charge in [-0.3, -0.25) is 9.63 Å². The van der Waals surface area contributed by atoms with E-state index < -0.39 is 53.9 Å². The predicted octanol–water partition coefficient (Wildman–Crippen LogP) is 2.67. The maximum Gasteiger partial charge on any atom is 0.277 e. The number of hydrogen-bond donors (Lipinski definition) is 4. The fourth-order valence-corrected chi connectivity index (χ4v) is 2.51. The van der Waals surface area contributed by atoms with Crippen molar-refractivity contribution in [3.8, 4) is 0 Å². The lowest BCUT2D eigenvalue weighted by Crippen LogP contribution is -2.30. The highest BCUT2D eigenvalue weighted by Gasteiger charge is 2.24. The van der Waals surface area contributed by atoms with Crippen LogP contribution in [0.3, 0.4) is 0 Å². The van der Waals surface area contributed by atoms with Crippen molar-refractivity contribution in [3.05, 3.63) is 50.8 Å². The molecule has 0 fully saturated rings. The molecule has 0 saturated heterocycles. The Morgan fingerprint density at radius 1 is 1.33 bits per heavy atom. The molecule has 1 aromatic heterocycles. The van der Waals surface area contributed by atoms with Gasteiger partial charge in [0.25, 0.3) is 5.91 Å². The molecule has 146 valence electrons. The molecule has 0 aliphatic carbocycles. The summed E-state index contributed by atoms with van der Waals surface area (Å²) in [6.07, 6.45) is 0.0286. The minimum atomic E-state index is -1.81. The van der Waals surface area contributed by atoms with Gasteiger partial charge in [0.15, 0.2) is 17.5 Å². The third-order valence-electron chi connectivity index (χ3n) is 3.11. The van der Waals surface area contributed by atoms with Crippen LogP contribution in [0.1, 0.15) is 10.4 Å². The van der Waals surface area contributed by atoms with E-state index in [1.807, 2.05) is 5.48 Å². The minimum absolute atomic E-state index is 0.0159. The Balaban J connectivity index is 2.34. The highest BCUT2D eigenvalue weighted by molar-refractivity contribution is 9.10. The Hall–Kier alpha value is -1.92. The van der Waals surface area contributed by atoms with Crippen LogP contribution in [0.5, 0.6) is 0 Å². The lowest BCUT2D eigenvalue weighted by Gasteiger charge is -2.15. The third kappa shape index (κ3) is 5.30. The number of rotatable bonds is 7. The van der Waals surface area contributed by atoms with Crippen molar-refractivity contribution in [1.82, 2.24) is 10.5 Å². The second-order valence-corrected chi connectivity index (χ2v) is 6.42. The zero-order chi connectivity index (χ0) is 20.1. The van der Waals surface area contributed by atoms with Crippen LogP contribution in [0.25, 0.3) is 0 Å². The predicted molar refractivity (Wildman–Crippen MR) is 93.1 cm³/mol. The van der Waals surface area contributed by atoms with Crippen LogP contribution >= 0.6 is 27.5 Å². The van der Waals surface area contributed by atoms with Crippen LogP contribution in [0.15, 0.2) is 22.8 Å². The lowest BCUT2D eigenvalue weighted by molar-refractivity contribution is -0.0295. The van der Waals surface area contributed by atoms with E-state index in [9.17, 15) is 18.0 Å². The number of hydrogen-bond acceptors (Lipinski definition) is 6. The molecule has 0 bridgehead atoms. The summed E-state index contributed by atoms with van der Waals surface area (Å²) in [5, 5.41) is 20.2. The maximum absolute atomic E-state index is 14.2. The fraction of sp³-hybridized carbons (Fsp3) is 0.200. The molecule has 0 aliphatic rings. The topological polar surface area (TPSA) is 104 Å². The minimum Gasteiger partial charge on any atom is -0.394 e. The SMILES string of the molecule is O=C(NOC[C@H](O)CO)c1cc(F)c(F)c(F)c1Nc1ncc(Br)cc1Cl. The summed E-state index contributed by atoms with van der Waals surface area (Å²) < 4.78 is 41.9. The number of anilines is 2. The molecule has 0 spiro atoms. The van der Waals surface area contributed by atoms with Gasteiger partial charge in [0.2, 0.25) is 0 Å². The number of aliphatic hydroxyl groups excluding tert-OH is 2. The van der Waals surface area contributed by atoms with E-state index in [0.29, 0.717) is 10.5 Å². The summed E-state index contributed by atoms with van der Waals surface area (Å²) in [4.78, 5) is 20.6. The van der Waals surface area contributed by atoms with Gasteiger partial charge in [0.05, 0.1) is 22.9 Å². The molecule has 4 N–H and O–H groups in total. The number of amides is 1. The molecule has 2 rings (SSSR count). The normalized spacial score (nSPS) is 12.0. The second kappa shape index (κ2) is 9.33. The largest absolute Gasteiger partial charge is 0.394 e. The monoisotopic (exact) mass is 469 g/mol. The first-order valence-corrected chi connectivity index (χ1v) is 8.38. The molecule has 1 aromatic carbocycles. The summed E-state index contributed by atoms with van der Waals surface area (Å²) in [6.45, 7) is -1.12. The average molecular weight is 471 g/mol. The van der Waals surface area contributed by atoms with Crippen molar-refractivity contribution in [2.24, 2.45) is 0 Å². The fourth-order valence-electron chi connectivity index (χ4n) is 1.83. The summed E-state index contributed by atoms with van der Waals surface area (Å²) in [5.74, 6) is -6.34. The number of carbonyl (C=O) groups excluding carboxylic acids is 1. The molecular formula is C15H12BrClF3N3O4. The molecule has 0 radical (unpaired) electrons. The number of pyridine rings is 1. The van der Waals surface area contributed by atoms with E-state index in [4.69, 9.17) is 21.8 Å². The van der Waals surface area contributed by atoms with Crippen molar-refractivity contribution in [2.75, 3.05) is 18.5 Å². The van der Waals surface area contributed by atoms with E-state index >= 15 is 0 Å². The smallest absolute Gasteiger partial charge is 0.277 e. The van der Waals surface area contributed by atoms with Gasteiger partial charge in [-0.05, 0) is 28.1 Å². The van der Waals surface area contributed by atoms with E-state index in [0.717, 1.165) is 0 Å². The van der Waals surface area contributed by atoms with Gasteiger partial charge in [-0.25, -0.2) is 23.6 Å². The van der Waals surface area contributed by atoms with Gasteiger partial charge in [-0.2, -0.15) is 0 Å². The van der Waals surface area contributed by atoms with E-state index in [2.05, 4.69) is 31.1 Å². The van der Waals surface area contributed by atoms with Crippen LogP contribution in [0, 0.1) is 17.5 Å². The van der Waals surface area contributed by atoms with Gasteiger partial charge < -0.3 is 15.5 Å². The van der Waals surface area contributed by atoms with Gasteiger partial charge in [0.1, 0.15) is 18.5 Å². The Kier molecular flexibility index (Phi) is 7.39. The molecule has 0 saturated carbocycles. The van der Waals surface area contributed by atoms with Gasteiger partial charge in [0, 0.05) is 10.7 Å². The molecular weight excluding hydrogens is 459 g/mol. The van der Waals surface area contributed by atoms with Crippen LogP contribution in [-0.2, 0) is 4.84 Å². The molecule has 2 aromatic rings. The lowest BCUT2D eigenvalue weighted by atomic mass is 10.1. The van der Waals surface area contributed by atoms with Crippen LogP contribution in [0.2, 0.25) is 5.02 Å². The zero-order valence-electron chi connectivity index (χ0n) is 13.3. The third-order valence-corrected chi connectivity index (χ3v) is 3.83. The molecule has 1 atom stereocenters. The van der Waals surface area contributed by atoms with E-state index in [1.54, 1.807) is 0 Å². The number of hydroxylamine groups is 1. The molecule has 27 heavy (non-hydrogen) atoms. The Labute approximate surface area is 164 Å². The number of nitrogens with zero attached hydrogens (tertiary/aromatic N) is 1. The quantitative estimate of drug-likeness (QED) is 0.366. The number of aromatic nitrogens is 1. The summed E-state index contributed by atoms with van der Waals surface area (Å²) in [7, 11) is 0. The van der Waals surface area contributed by atoms with Crippen molar-refractivity contribution in [3.63, 3.8) is 0 Å². The second-order valence-electron chi connectivity index (χ2n) is 5.10. The molecule has 12 heteroatoms. The van der Waals surface area contributed by atoms with Crippen molar-refractivity contribution in [1.29, 1.82) is 0 Å². The first-order valence-electron chi connectivity index (χ1n) is 7.21. The summed E-state index contributed by atoms with van der Waals surface area (Å²) >= 11 is 9.07.